The fraction of sp³-hybridized carbons (Fsp3) is 0.846. The Labute approximate surface area is 98.6 Å². The van der Waals surface area contributed by atoms with E-state index in [2.05, 4.69) is 13.8 Å². The molecular weight excluding hydrogens is 204 g/mol. The standard InChI is InChI=1S/C13H24O3/c1-10(2)8-6-5-7-9-12(14)13(15)16-11(3)4/h10-11H,5-9H2,1-4H3. The lowest BCUT2D eigenvalue weighted by Crippen LogP contribution is -2.20. The fourth-order valence-corrected chi connectivity index (χ4v) is 1.40. The van der Waals surface area contributed by atoms with E-state index in [9.17, 15) is 9.59 Å². The summed E-state index contributed by atoms with van der Waals surface area (Å²) in [4.78, 5) is 22.5. The van der Waals surface area contributed by atoms with Gasteiger partial charge < -0.3 is 4.74 Å². The first-order valence-electron chi connectivity index (χ1n) is 6.17. The van der Waals surface area contributed by atoms with Crippen LogP contribution in [0.4, 0.5) is 0 Å². The van der Waals surface area contributed by atoms with Gasteiger partial charge in [-0.15, -0.1) is 0 Å². The van der Waals surface area contributed by atoms with Crippen LogP contribution in [0, 0.1) is 5.92 Å². The molecule has 0 unspecified atom stereocenters. The van der Waals surface area contributed by atoms with E-state index in [-0.39, 0.29) is 6.10 Å². The third-order valence-electron chi connectivity index (χ3n) is 2.26. The van der Waals surface area contributed by atoms with Crippen LogP contribution in [-0.2, 0) is 14.3 Å². The van der Waals surface area contributed by atoms with E-state index in [1.165, 1.54) is 6.42 Å². The number of unbranched alkanes of at least 4 members (excludes halogenated alkanes) is 2. The van der Waals surface area contributed by atoms with Gasteiger partial charge in [0.1, 0.15) is 0 Å². The van der Waals surface area contributed by atoms with Crippen molar-refractivity contribution in [1.82, 2.24) is 0 Å². The second-order valence-corrected chi connectivity index (χ2v) is 4.87. The van der Waals surface area contributed by atoms with Gasteiger partial charge in [0, 0.05) is 6.42 Å². The summed E-state index contributed by atoms with van der Waals surface area (Å²) in [6, 6.07) is 0. The van der Waals surface area contributed by atoms with Crippen molar-refractivity contribution in [3.63, 3.8) is 0 Å². The number of ether oxygens (including phenoxy) is 1. The molecule has 0 aromatic heterocycles. The van der Waals surface area contributed by atoms with Crippen molar-refractivity contribution in [2.24, 2.45) is 5.92 Å². The number of hydrogen-bond donors (Lipinski definition) is 0. The molecule has 0 spiro atoms. The van der Waals surface area contributed by atoms with Gasteiger partial charge in [0.15, 0.2) is 0 Å². The predicted octanol–water partition coefficient (Wildman–Crippen LogP) is 3.11. The van der Waals surface area contributed by atoms with Crippen molar-refractivity contribution in [1.29, 1.82) is 0 Å². The highest BCUT2D eigenvalue weighted by Gasteiger charge is 2.15. The summed E-state index contributed by atoms with van der Waals surface area (Å²) >= 11 is 0. The number of carbonyl (C=O) groups excluding carboxylic acids is 2. The average molecular weight is 228 g/mol. The van der Waals surface area contributed by atoms with Crippen LogP contribution in [0.15, 0.2) is 0 Å². The summed E-state index contributed by atoms with van der Waals surface area (Å²) in [5.41, 5.74) is 0. The van der Waals surface area contributed by atoms with Crippen LogP contribution in [0.1, 0.15) is 59.8 Å². The number of carbonyl (C=O) groups is 2. The summed E-state index contributed by atoms with van der Waals surface area (Å²) in [5, 5.41) is 0. The highest BCUT2D eigenvalue weighted by atomic mass is 16.5. The molecule has 0 radical (unpaired) electrons. The fourth-order valence-electron chi connectivity index (χ4n) is 1.40. The predicted molar refractivity (Wildman–Crippen MR) is 64.2 cm³/mol. The van der Waals surface area contributed by atoms with Gasteiger partial charge in [-0.3, -0.25) is 4.79 Å². The summed E-state index contributed by atoms with van der Waals surface area (Å²) in [7, 11) is 0. The van der Waals surface area contributed by atoms with E-state index < -0.39 is 11.8 Å². The van der Waals surface area contributed by atoms with Crippen LogP contribution in [0.2, 0.25) is 0 Å². The van der Waals surface area contributed by atoms with E-state index >= 15 is 0 Å². The van der Waals surface area contributed by atoms with Gasteiger partial charge in [-0.25, -0.2) is 4.79 Å². The molecule has 0 amide bonds. The minimum Gasteiger partial charge on any atom is -0.457 e. The van der Waals surface area contributed by atoms with E-state index in [1.54, 1.807) is 13.8 Å². The van der Waals surface area contributed by atoms with Crippen LogP contribution >= 0.6 is 0 Å². The van der Waals surface area contributed by atoms with Gasteiger partial charge in [0.2, 0.25) is 5.78 Å². The molecule has 0 rings (SSSR count). The van der Waals surface area contributed by atoms with Gasteiger partial charge in [-0.05, 0) is 26.2 Å². The van der Waals surface area contributed by atoms with Crippen molar-refractivity contribution in [2.75, 3.05) is 0 Å². The van der Waals surface area contributed by atoms with Crippen molar-refractivity contribution < 1.29 is 14.3 Å². The van der Waals surface area contributed by atoms with Gasteiger partial charge >= 0.3 is 5.97 Å². The maximum Gasteiger partial charge on any atom is 0.374 e. The van der Waals surface area contributed by atoms with Crippen molar-refractivity contribution in [3.05, 3.63) is 0 Å². The third-order valence-corrected chi connectivity index (χ3v) is 2.26. The lowest BCUT2D eigenvalue weighted by atomic mass is 10.0. The molecule has 94 valence electrons. The molecule has 0 aromatic rings. The maximum atomic E-state index is 11.3. The Morgan fingerprint density at radius 2 is 1.62 bits per heavy atom. The average Bonchev–Trinajstić information content (AvgIpc) is 2.15. The second kappa shape index (κ2) is 8.31. The number of rotatable bonds is 8. The zero-order chi connectivity index (χ0) is 12.6. The highest BCUT2D eigenvalue weighted by molar-refractivity contribution is 6.33. The van der Waals surface area contributed by atoms with Crippen LogP contribution in [0.3, 0.4) is 0 Å². The van der Waals surface area contributed by atoms with Crippen LogP contribution in [0.25, 0.3) is 0 Å². The largest absolute Gasteiger partial charge is 0.457 e. The van der Waals surface area contributed by atoms with Gasteiger partial charge in [0.05, 0.1) is 6.10 Å². The Bertz CT molecular complexity index is 219. The van der Waals surface area contributed by atoms with Gasteiger partial charge in [0.25, 0.3) is 0 Å². The summed E-state index contributed by atoms with van der Waals surface area (Å²) < 4.78 is 4.82. The summed E-state index contributed by atoms with van der Waals surface area (Å²) in [6.45, 7) is 7.86. The Balaban J connectivity index is 3.54. The Morgan fingerprint density at radius 3 is 2.12 bits per heavy atom. The lowest BCUT2D eigenvalue weighted by molar-refractivity contribution is -0.156. The molecule has 0 aliphatic heterocycles. The van der Waals surface area contributed by atoms with Crippen molar-refractivity contribution >= 4 is 11.8 Å². The molecule has 3 heteroatoms. The molecule has 0 saturated carbocycles. The third kappa shape index (κ3) is 8.45. The Kier molecular flexibility index (Phi) is 7.86. The zero-order valence-corrected chi connectivity index (χ0v) is 10.9. The van der Waals surface area contributed by atoms with Crippen LogP contribution < -0.4 is 0 Å². The summed E-state index contributed by atoms with van der Waals surface area (Å²) in [5.74, 6) is -0.362. The van der Waals surface area contributed by atoms with Gasteiger partial charge in [-0.1, -0.05) is 33.1 Å². The second-order valence-electron chi connectivity index (χ2n) is 4.87. The maximum absolute atomic E-state index is 11.3. The molecule has 16 heavy (non-hydrogen) atoms. The van der Waals surface area contributed by atoms with E-state index in [1.807, 2.05) is 0 Å². The molecule has 0 heterocycles. The number of ketones is 1. The SMILES string of the molecule is CC(C)CCCCCC(=O)C(=O)OC(C)C. The normalized spacial score (nSPS) is 10.9. The monoisotopic (exact) mass is 228 g/mol. The highest BCUT2D eigenvalue weighted by Crippen LogP contribution is 2.09. The van der Waals surface area contributed by atoms with E-state index in [0.717, 1.165) is 19.3 Å². The lowest BCUT2D eigenvalue weighted by Gasteiger charge is -2.07. The first kappa shape index (κ1) is 15.1. The van der Waals surface area contributed by atoms with Gasteiger partial charge in [-0.2, -0.15) is 0 Å². The van der Waals surface area contributed by atoms with Crippen LogP contribution in [-0.4, -0.2) is 17.9 Å². The quantitative estimate of drug-likeness (QED) is 0.364. The minimum atomic E-state index is -0.682. The first-order chi connectivity index (χ1) is 7.43. The number of Topliss-reactive ketones (excluding diaryl/α,β-unsaturated/α-hetero) is 1. The molecule has 3 nitrogen and oxygen atoms in total. The first-order valence-corrected chi connectivity index (χ1v) is 6.17. The van der Waals surface area contributed by atoms with E-state index in [0.29, 0.717) is 12.3 Å². The molecular formula is C13H24O3. The summed E-state index contributed by atoms with van der Waals surface area (Å²) in [6.07, 6.45) is 4.23. The Hall–Kier alpha value is -0.860. The van der Waals surface area contributed by atoms with Crippen LogP contribution in [0.5, 0.6) is 0 Å². The van der Waals surface area contributed by atoms with E-state index in [4.69, 9.17) is 4.74 Å². The molecule has 0 fully saturated rings. The molecule has 0 saturated heterocycles. The Morgan fingerprint density at radius 1 is 1.00 bits per heavy atom. The molecule has 0 N–H and O–H groups in total. The minimum absolute atomic E-state index is 0.211. The number of hydrogen-bond acceptors (Lipinski definition) is 3. The smallest absolute Gasteiger partial charge is 0.374 e. The molecule has 0 aromatic carbocycles. The topological polar surface area (TPSA) is 43.4 Å². The molecule has 0 aliphatic rings. The van der Waals surface area contributed by atoms with Crippen molar-refractivity contribution in [2.45, 2.75) is 65.9 Å². The number of esters is 1. The zero-order valence-electron chi connectivity index (χ0n) is 10.9. The molecule has 0 aliphatic carbocycles. The molecule has 0 atom stereocenters. The molecule has 0 bridgehead atoms. The van der Waals surface area contributed by atoms with Crippen molar-refractivity contribution in [3.8, 4) is 0 Å².